The standard InChI is InChI=1S/C17H31N7O5/c1-10(18)14(26)23-11(5-4-7-21-17(19)20)15(27)22-9-13(25)24-8-3-2-6-12(24)16(28)29/h10-12H,2-9,18H2,1H3,(H,22,27)(H,23,26)(H,28,29)(H4,19,20,21)/t10-,11-,12-/m0/s1. The second kappa shape index (κ2) is 11.8. The first-order valence-electron chi connectivity index (χ1n) is 9.57. The Balaban J connectivity index is 2.64. The number of carboxylic acid groups (broad SMARTS) is 1. The summed E-state index contributed by atoms with van der Waals surface area (Å²) >= 11 is 0. The van der Waals surface area contributed by atoms with Crippen LogP contribution in [0.3, 0.4) is 0 Å². The highest BCUT2D eigenvalue weighted by Crippen LogP contribution is 2.17. The molecule has 1 aliphatic heterocycles. The Morgan fingerprint density at radius 3 is 2.48 bits per heavy atom. The number of aliphatic carboxylic acids is 1. The van der Waals surface area contributed by atoms with Crippen LogP contribution in [0.1, 0.15) is 39.0 Å². The Labute approximate surface area is 169 Å². The maximum Gasteiger partial charge on any atom is 0.326 e. The largest absolute Gasteiger partial charge is 0.480 e. The summed E-state index contributed by atoms with van der Waals surface area (Å²) in [5, 5.41) is 24.0. The van der Waals surface area contributed by atoms with Gasteiger partial charge in [0.25, 0.3) is 0 Å². The maximum atomic E-state index is 12.5. The van der Waals surface area contributed by atoms with Gasteiger partial charge in [0, 0.05) is 13.1 Å². The van der Waals surface area contributed by atoms with Gasteiger partial charge < -0.3 is 37.4 Å². The molecule has 1 fully saturated rings. The summed E-state index contributed by atoms with van der Waals surface area (Å²) in [5.74, 6) is -2.84. The summed E-state index contributed by atoms with van der Waals surface area (Å²) in [5.41, 5.74) is 10.7. The summed E-state index contributed by atoms with van der Waals surface area (Å²) in [4.78, 5) is 49.4. The number of likely N-dealkylation sites (tertiary alicyclic amines) is 1. The first kappa shape index (κ1) is 24.1. The first-order valence-corrected chi connectivity index (χ1v) is 9.57. The number of carbonyl (C=O) groups excluding carboxylic acids is 3. The van der Waals surface area contributed by atoms with Gasteiger partial charge in [-0.05, 0) is 39.0 Å². The summed E-state index contributed by atoms with van der Waals surface area (Å²) in [6.07, 6.45) is 2.48. The van der Waals surface area contributed by atoms with E-state index in [1.807, 2.05) is 0 Å². The van der Waals surface area contributed by atoms with Gasteiger partial charge in [0.1, 0.15) is 12.1 Å². The number of amides is 3. The predicted octanol–water partition coefficient (Wildman–Crippen LogP) is -2.34. The molecule has 12 nitrogen and oxygen atoms in total. The Morgan fingerprint density at radius 1 is 1.21 bits per heavy atom. The van der Waals surface area contributed by atoms with Crippen molar-refractivity contribution >= 4 is 29.7 Å². The molecule has 0 unspecified atom stereocenters. The molecule has 1 heterocycles. The smallest absolute Gasteiger partial charge is 0.326 e. The lowest BCUT2D eigenvalue weighted by Gasteiger charge is -2.33. The van der Waals surface area contributed by atoms with E-state index >= 15 is 0 Å². The van der Waals surface area contributed by atoms with Crippen LogP contribution >= 0.6 is 0 Å². The number of hydrogen-bond acceptors (Lipinski definition) is 6. The highest BCUT2D eigenvalue weighted by Gasteiger charge is 2.32. The number of nitrogens with one attached hydrogen (secondary N) is 4. The molecule has 0 bridgehead atoms. The van der Waals surface area contributed by atoms with E-state index in [0.717, 1.165) is 6.42 Å². The van der Waals surface area contributed by atoms with Gasteiger partial charge >= 0.3 is 5.97 Å². The molecule has 0 spiro atoms. The van der Waals surface area contributed by atoms with Crippen molar-refractivity contribution in [1.29, 1.82) is 5.41 Å². The monoisotopic (exact) mass is 413 g/mol. The number of guanidine groups is 1. The Hall–Kier alpha value is -2.89. The second-order valence-electron chi connectivity index (χ2n) is 6.99. The number of piperidine rings is 1. The van der Waals surface area contributed by atoms with Crippen molar-refractivity contribution in [2.45, 2.75) is 57.2 Å². The van der Waals surface area contributed by atoms with Crippen LogP contribution in [-0.4, -0.2) is 77.4 Å². The Kier molecular flexibility index (Phi) is 9.86. The fraction of sp³-hybridized carbons (Fsp3) is 0.706. The van der Waals surface area contributed by atoms with Crippen LogP contribution < -0.4 is 27.4 Å². The molecule has 164 valence electrons. The van der Waals surface area contributed by atoms with Crippen molar-refractivity contribution in [1.82, 2.24) is 20.9 Å². The fourth-order valence-corrected chi connectivity index (χ4v) is 2.98. The molecule has 1 rings (SSSR count). The molecule has 0 aromatic heterocycles. The quantitative estimate of drug-likeness (QED) is 0.117. The molecule has 0 radical (unpaired) electrons. The molecule has 3 atom stereocenters. The van der Waals surface area contributed by atoms with Crippen molar-refractivity contribution in [3.8, 4) is 0 Å². The van der Waals surface area contributed by atoms with Gasteiger partial charge in [-0.1, -0.05) is 0 Å². The van der Waals surface area contributed by atoms with Crippen LogP contribution in [0, 0.1) is 5.41 Å². The van der Waals surface area contributed by atoms with Crippen LogP contribution in [0.2, 0.25) is 0 Å². The van der Waals surface area contributed by atoms with E-state index in [4.69, 9.17) is 16.9 Å². The van der Waals surface area contributed by atoms with Crippen molar-refractivity contribution in [3.63, 3.8) is 0 Å². The zero-order valence-corrected chi connectivity index (χ0v) is 16.6. The molecule has 1 aliphatic rings. The van der Waals surface area contributed by atoms with Crippen molar-refractivity contribution in [3.05, 3.63) is 0 Å². The minimum Gasteiger partial charge on any atom is -0.480 e. The highest BCUT2D eigenvalue weighted by molar-refractivity contribution is 5.92. The van der Waals surface area contributed by atoms with Crippen LogP contribution in [0.15, 0.2) is 0 Å². The van der Waals surface area contributed by atoms with E-state index in [1.165, 1.54) is 11.8 Å². The molecule has 0 aromatic rings. The molecule has 1 saturated heterocycles. The lowest BCUT2D eigenvalue weighted by molar-refractivity contribution is -0.151. The van der Waals surface area contributed by atoms with Crippen molar-refractivity contribution in [2.24, 2.45) is 11.5 Å². The zero-order valence-electron chi connectivity index (χ0n) is 16.6. The van der Waals surface area contributed by atoms with E-state index in [9.17, 15) is 24.3 Å². The molecule has 3 amide bonds. The molecule has 0 aromatic carbocycles. The normalized spacial score (nSPS) is 18.3. The highest BCUT2D eigenvalue weighted by atomic mass is 16.4. The van der Waals surface area contributed by atoms with E-state index < -0.39 is 41.8 Å². The average molecular weight is 413 g/mol. The van der Waals surface area contributed by atoms with Crippen LogP contribution in [0.5, 0.6) is 0 Å². The topological polar surface area (TPSA) is 204 Å². The van der Waals surface area contributed by atoms with Gasteiger partial charge in [-0.2, -0.15) is 0 Å². The number of rotatable bonds is 10. The lowest BCUT2D eigenvalue weighted by Crippen LogP contribution is -2.54. The number of nitrogens with zero attached hydrogens (tertiary/aromatic N) is 1. The van der Waals surface area contributed by atoms with Crippen LogP contribution in [0.4, 0.5) is 0 Å². The molecular formula is C17H31N7O5. The Morgan fingerprint density at radius 2 is 1.90 bits per heavy atom. The van der Waals surface area contributed by atoms with Gasteiger partial charge in [0.15, 0.2) is 5.96 Å². The summed E-state index contributed by atoms with van der Waals surface area (Å²) in [6, 6.07) is -2.63. The van der Waals surface area contributed by atoms with Gasteiger partial charge in [-0.25, -0.2) is 4.79 Å². The lowest BCUT2D eigenvalue weighted by atomic mass is 10.0. The minimum absolute atomic E-state index is 0.203. The summed E-state index contributed by atoms with van der Waals surface area (Å²) < 4.78 is 0. The predicted molar refractivity (Wildman–Crippen MR) is 105 cm³/mol. The van der Waals surface area contributed by atoms with Gasteiger partial charge in [-0.3, -0.25) is 19.8 Å². The number of carboxylic acids is 1. The third-order valence-corrected chi connectivity index (χ3v) is 4.55. The average Bonchev–Trinajstić information content (AvgIpc) is 2.67. The van der Waals surface area contributed by atoms with E-state index in [0.29, 0.717) is 32.4 Å². The van der Waals surface area contributed by atoms with Crippen molar-refractivity contribution in [2.75, 3.05) is 19.6 Å². The number of hydrogen-bond donors (Lipinski definition) is 7. The Bertz CT molecular complexity index is 625. The van der Waals surface area contributed by atoms with Gasteiger partial charge in [-0.15, -0.1) is 0 Å². The van der Waals surface area contributed by atoms with Crippen molar-refractivity contribution < 1.29 is 24.3 Å². The van der Waals surface area contributed by atoms with Gasteiger partial charge in [0.2, 0.25) is 17.7 Å². The second-order valence-corrected chi connectivity index (χ2v) is 6.99. The first-order chi connectivity index (χ1) is 13.6. The molecule has 29 heavy (non-hydrogen) atoms. The molecule has 0 saturated carbocycles. The summed E-state index contributed by atoms with van der Waals surface area (Å²) in [6.45, 7) is 1.78. The number of carbonyl (C=O) groups is 4. The molecule has 9 N–H and O–H groups in total. The maximum absolute atomic E-state index is 12.5. The van der Waals surface area contributed by atoms with E-state index in [2.05, 4.69) is 16.0 Å². The van der Waals surface area contributed by atoms with E-state index in [-0.39, 0.29) is 18.9 Å². The van der Waals surface area contributed by atoms with Gasteiger partial charge in [0.05, 0.1) is 12.6 Å². The van der Waals surface area contributed by atoms with Crippen LogP contribution in [-0.2, 0) is 19.2 Å². The third-order valence-electron chi connectivity index (χ3n) is 4.55. The van der Waals surface area contributed by atoms with Crippen LogP contribution in [0.25, 0.3) is 0 Å². The SMILES string of the molecule is C[C@H](N)C(=O)N[C@@H](CCCNC(=N)N)C(=O)NCC(=O)N1CCCC[C@H]1C(=O)O. The summed E-state index contributed by atoms with van der Waals surface area (Å²) in [7, 11) is 0. The van der Waals surface area contributed by atoms with E-state index in [1.54, 1.807) is 0 Å². The number of nitrogens with two attached hydrogens (primary N) is 2. The molecule has 0 aliphatic carbocycles. The molecular weight excluding hydrogens is 382 g/mol. The third kappa shape index (κ3) is 8.34. The minimum atomic E-state index is -1.07. The fourth-order valence-electron chi connectivity index (χ4n) is 2.98. The zero-order chi connectivity index (χ0) is 22.0. The molecule has 12 heteroatoms.